The van der Waals surface area contributed by atoms with Crippen LogP contribution in [-0.4, -0.2) is 21.1 Å². The Morgan fingerprint density at radius 2 is 2.04 bits per heavy atom. The van der Waals surface area contributed by atoms with Gasteiger partial charge in [-0.15, -0.1) is 0 Å². The number of phenolic OH excluding ortho intramolecular Hbond substituents is 2. The lowest BCUT2D eigenvalue weighted by atomic mass is 10.2. The minimum absolute atomic E-state index is 0.0117. The number of nitrogens with one attached hydrogen (secondary N) is 1. The van der Waals surface area contributed by atoms with Crippen LogP contribution >= 0.6 is 11.3 Å². The molecule has 1 heterocycles. The molecule has 1 aromatic heterocycles. The number of aromatic hydroxyl groups is 2. The third-order valence-corrected chi connectivity index (χ3v) is 4.13. The van der Waals surface area contributed by atoms with E-state index in [2.05, 4.69) is 10.3 Å². The van der Waals surface area contributed by atoms with Crippen molar-refractivity contribution in [1.82, 2.24) is 4.98 Å². The van der Waals surface area contributed by atoms with Crippen LogP contribution in [-0.2, 0) is 4.79 Å². The molecule has 2 aromatic carbocycles. The molecular weight excluding hydrogens is 312 g/mol. The van der Waals surface area contributed by atoms with Gasteiger partial charge in [0.2, 0.25) is 5.91 Å². The Morgan fingerprint density at radius 3 is 2.87 bits per heavy atom. The number of nitrogens with zero attached hydrogens (tertiary/aromatic N) is 1. The van der Waals surface area contributed by atoms with Crippen molar-refractivity contribution < 1.29 is 15.0 Å². The number of phenols is 2. The first kappa shape index (κ1) is 15.1. The highest BCUT2D eigenvalue weighted by molar-refractivity contribution is 7.22. The molecule has 0 aliphatic carbocycles. The smallest absolute Gasteiger partial charge is 0.250 e. The summed E-state index contributed by atoms with van der Waals surface area (Å²) in [7, 11) is 0. The average molecular weight is 326 g/mol. The fraction of sp³-hybridized carbons (Fsp3) is 0.0588. The molecule has 0 radical (unpaired) electrons. The van der Waals surface area contributed by atoms with Crippen molar-refractivity contribution >= 4 is 38.7 Å². The van der Waals surface area contributed by atoms with Crippen LogP contribution in [0.15, 0.2) is 42.5 Å². The van der Waals surface area contributed by atoms with Gasteiger partial charge in [0.15, 0.2) is 5.13 Å². The first-order chi connectivity index (χ1) is 11.0. The van der Waals surface area contributed by atoms with Crippen molar-refractivity contribution in [3.05, 3.63) is 53.6 Å². The van der Waals surface area contributed by atoms with E-state index in [9.17, 15) is 15.0 Å². The van der Waals surface area contributed by atoms with Gasteiger partial charge in [0.1, 0.15) is 11.5 Å². The summed E-state index contributed by atoms with van der Waals surface area (Å²) in [5.41, 5.74) is 2.34. The van der Waals surface area contributed by atoms with Crippen molar-refractivity contribution in [1.29, 1.82) is 0 Å². The first-order valence-electron chi connectivity index (χ1n) is 6.89. The van der Waals surface area contributed by atoms with Crippen LogP contribution in [0.1, 0.15) is 11.1 Å². The van der Waals surface area contributed by atoms with E-state index in [1.165, 1.54) is 41.7 Å². The normalized spacial score (nSPS) is 11.2. The van der Waals surface area contributed by atoms with Crippen LogP contribution in [0, 0.1) is 6.92 Å². The maximum atomic E-state index is 12.0. The second-order valence-corrected chi connectivity index (χ2v) is 6.09. The van der Waals surface area contributed by atoms with Crippen molar-refractivity contribution in [2.45, 2.75) is 6.92 Å². The highest BCUT2D eigenvalue weighted by atomic mass is 32.1. The minimum atomic E-state index is -0.358. The van der Waals surface area contributed by atoms with E-state index in [0.717, 1.165) is 15.8 Å². The lowest BCUT2D eigenvalue weighted by molar-refractivity contribution is -0.111. The van der Waals surface area contributed by atoms with Gasteiger partial charge in [-0.3, -0.25) is 10.1 Å². The van der Waals surface area contributed by atoms with Gasteiger partial charge in [0.05, 0.1) is 10.2 Å². The van der Waals surface area contributed by atoms with E-state index in [0.29, 0.717) is 10.7 Å². The number of benzene rings is 2. The zero-order chi connectivity index (χ0) is 16.4. The topological polar surface area (TPSA) is 82.5 Å². The Hall–Kier alpha value is -2.86. The van der Waals surface area contributed by atoms with Gasteiger partial charge < -0.3 is 10.2 Å². The van der Waals surface area contributed by atoms with Gasteiger partial charge in [0.25, 0.3) is 0 Å². The van der Waals surface area contributed by atoms with Gasteiger partial charge in [0, 0.05) is 11.6 Å². The van der Waals surface area contributed by atoms with Gasteiger partial charge in [-0.2, -0.15) is 0 Å². The molecule has 0 aliphatic heterocycles. The predicted molar refractivity (Wildman–Crippen MR) is 91.8 cm³/mol. The maximum Gasteiger partial charge on any atom is 0.250 e. The lowest BCUT2D eigenvalue weighted by Crippen LogP contribution is -2.07. The maximum absolute atomic E-state index is 12.0. The third kappa shape index (κ3) is 3.49. The molecule has 0 fully saturated rings. The summed E-state index contributed by atoms with van der Waals surface area (Å²) in [6.45, 7) is 2.00. The number of amides is 1. The second kappa shape index (κ2) is 6.10. The highest BCUT2D eigenvalue weighted by Gasteiger charge is 2.06. The fourth-order valence-electron chi connectivity index (χ4n) is 2.07. The van der Waals surface area contributed by atoms with Crippen molar-refractivity contribution in [2.24, 2.45) is 0 Å². The van der Waals surface area contributed by atoms with Crippen LogP contribution in [0.2, 0.25) is 0 Å². The lowest BCUT2D eigenvalue weighted by Gasteiger charge is -2.00. The Balaban J connectivity index is 1.75. The molecule has 3 aromatic rings. The Morgan fingerprint density at radius 1 is 1.22 bits per heavy atom. The van der Waals surface area contributed by atoms with Crippen LogP contribution in [0.4, 0.5) is 5.13 Å². The van der Waals surface area contributed by atoms with E-state index in [-0.39, 0.29) is 17.4 Å². The number of anilines is 1. The monoisotopic (exact) mass is 326 g/mol. The molecule has 5 nitrogen and oxygen atoms in total. The number of carbonyl (C=O) groups is 1. The Kier molecular flexibility index (Phi) is 3.99. The fourth-order valence-corrected chi connectivity index (χ4v) is 3.04. The van der Waals surface area contributed by atoms with Crippen LogP contribution in [0.5, 0.6) is 11.5 Å². The Labute approximate surface area is 136 Å². The van der Waals surface area contributed by atoms with Crippen molar-refractivity contribution in [2.75, 3.05) is 5.32 Å². The summed E-state index contributed by atoms with van der Waals surface area (Å²) in [6.07, 6.45) is 2.72. The van der Waals surface area contributed by atoms with Gasteiger partial charge in [-0.1, -0.05) is 17.4 Å². The van der Waals surface area contributed by atoms with Crippen molar-refractivity contribution in [3.8, 4) is 11.5 Å². The number of aryl methyl sites for hydroxylation is 1. The van der Waals surface area contributed by atoms with Gasteiger partial charge in [-0.05, 0) is 48.9 Å². The van der Waals surface area contributed by atoms with Crippen LogP contribution < -0.4 is 5.32 Å². The van der Waals surface area contributed by atoms with E-state index in [1.807, 2.05) is 25.1 Å². The molecule has 0 bridgehead atoms. The SMILES string of the molecule is Cc1ccc2nc(NC(=O)/C=C/c3cc(O)ccc3O)sc2c1. The summed E-state index contributed by atoms with van der Waals surface area (Å²) in [6, 6.07) is 10.0. The molecule has 23 heavy (non-hydrogen) atoms. The first-order valence-corrected chi connectivity index (χ1v) is 7.71. The minimum Gasteiger partial charge on any atom is -0.508 e. The van der Waals surface area contributed by atoms with Gasteiger partial charge >= 0.3 is 0 Å². The molecule has 0 spiro atoms. The predicted octanol–water partition coefficient (Wildman–Crippen LogP) is 3.67. The molecular formula is C17H14N2O3S. The molecule has 0 aliphatic rings. The summed E-state index contributed by atoms with van der Waals surface area (Å²) < 4.78 is 1.01. The molecule has 0 atom stereocenters. The van der Waals surface area contributed by atoms with Crippen LogP contribution in [0.3, 0.4) is 0 Å². The molecule has 0 saturated heterocycles. The summed E-state index contributed by atoms with van der Waals surface area (Å²) in [4.78, 5) is 16.3. The number of hydrogen-bond donors (Lipinski definition) is 3. The zero-order valence-electron chi connectivity index (χ0n) is 12.3. The molecule has 0 saturated carbocycles. The highest BCUT2D eigenvalue weighted by Crippen LogP contribution is 2.27. The third-order valence-electron chi connectivity index (χ3n) is 3.20. The number of rotatable bonds is 3. The standard InChI is InChI=1S/C17H14N2O3S/c1-10-2-5-13-15(8-10)23-17(18-13)19-16(22)7-3-11-9-12(20)4-6-14(11)21/h2-9,20-21H,1H3,(H,18,19,22)/b7-3+. The molecule has 6 heteroatoms. The number of fused-ring (bicyclic) bond motifs is 1. The summed E-state index contributed by atoms with van der Waals surface area (Å²) in [5.74, 6) is -0.352. The average Bonchev–Trinajstić information content (AvgIpc) is 2.89. The molecule has 1 amide bonds. The van der Waals surface area contributed by atoms with Crippen molar-refractivity contribution in [3.63, 3.8) is 0 Å². The summed E-state index contributed by atoms with van der Waals surface area (Å²) >= 11 is 1.40. The molecule has 116 valence electrons. The number of carbonyl (C=O) groups excluding carboxylic acids is 1. The summed E-state index contributed by atoms with van der Waals surface area (Å²) in [5, 5.41) is 22.2. The van der Waals surface area contributed by atoms with Gasteiger partial charge in [-0.25, -0.2) is 4.98 Å². The van der Waals surface area contributed by atoms with E-state index >= 15 is 0 Å². The van der Waals surface area contributed by atoms with E-state index in [4.69, 9.17) is 0 Å². The second-order valence-electron chi connectivity index (χ2n) is 5.06. The van der Waals surface area contributed by atoms with E-state index in [1.54, 1.807) is 0 Å². The molecule has 0 unspecified atom stereocenters. The van der Waals surface area contributed by atoms with Crippen LogP contribution in [0.25, 0.3) is 16.3 Å². The molecule has 3 rings (SSSR count). The number of hydrogen-bond acceptors (Lipinski definition) is 5. The largest absolute Gasteiger partial charge is 0.508 e. The Bertz CT molecular complexity index is 915. The quantitative estimate of drug-likeness (QED) is 0.506. The molecule has 3 N–H and O–H groups in total. The number of aromatic nitrogens is 1. The zero-order valence-corrected chi connectivity index (χ0v) is 13.1. The van der Waals surface area contributed by atoms with E-state index < -0.39 is 0 Å². The number of thiazole rings is 1.